The molecule has 1 N–H and O–H groups in total. The van der Waals surface area contributed by atoms with Gasteiger partial charge in [0.1, 0.15) is 0 Å². The second-order valence-electron chi connectivity index (χ2n) is 4.23. The van der Waals surface area contributed by atoms with E-state index in [9.17, 15) is 0 Å². The lowest BCUT2D eigenvalue weighted by Gasteiger charge is -2.24. The zero-order valence-electron chi connectivity index (χ0n) is 10.8. The van der Waals surface area contributed by atoms with Crippen molar-refractivity contribution in [3.05, 3.63) is 11.1 Å². The van der Waals surface area contributed by atoms with Gasteiger partial charge in [-0.1, -0.05) is 6.92 Å². The Labute approximate surface area is 103 Å². The molecule has 0 spiro atoms. The van der Waals surface area contributed by atoms with E-state index >= 15 is 0 Å². The number of nitrogens with zero attached hydrogens (tertiary/aromatic N) is 2. The molecule has 0 aliphatic carbocycles. The monoisotopic (exact) mass is 241 g/mol. The summed E-state index contributed by atoms with van der Waals surface area (Å²) in [4.78, 5) is 8.19. The van der Waals surface area contributed by atoms with Gasteiger partial charge in [-0.25, -0.2) is 4.98 Å². The quantitative estimate of drug-likeness (QED) is 0.794. The molecule has 0 unspecified atom stereocenters. The van der Waals surface area contributed by atoms with Crippen molar-refractivity contribution in [1.82, 2.24) is 9.88 Å². The number of anilines is 1. The number of hydrogen-bond donors (Lipinski definition) is 1. The SMILES string of the molecule is CCCN(Cc1cnc(NCC)s1)C(C)C. The second kappa shape index (κ2) is 6.86. The van der Waals surface area contributed by atoms with Gasteiger partial charge in [-0.2, -0.15) is 0 Å². The summed E-state index contributed by atoms with van der Waals surface area (Å²) in [7, 11) is 0. The fourth-order valence-electron chi connectivity index (χ4n) is 1.62. The fourth-order valence-corrected chi connectivity index (χ4v) is 2.53. The summed E-state index contributed by atoms with van der Waals surface area (Å²) >= 11 is 1.77. The van der Waals surface area contributed by atoms with E-state index < -0.39 is 0 Å². The van der Waals surface area contributed by atoms with Crippen LogP contribution in [0.5, 0.6) is 0 Å². The molecule has 0 saturated heterocycles. The maximum atomic E-state index is 4.36. The van der Waals surface area contributed by atoms with Crippen LogP contribution in [0.15, 0.2) is 6.20 Å². The number of hydrogen-bond acceptors (Lipinski definition) is 4. The maximum Gasteiger partial charge on any atom is 0.182 e. The zero-order chi connectivity index (χ0) is 12.0. The minimum atomic E-state index is 0.602. The van der Waals surface area contributed by atoms with Gasteiger partial charge in [0.15, 0.2) is 5.13 Å². The molecule has 0 aromatic carbocycles. The Morgan fingerprint density at radius 1 is 1.44 bits per heavy atom. The van der Waals surface area contributed by atoms with E-state index in [0.717, 1.165) is 24.8 Å². The van der Waals surface area contributed by atoms with Crippen LogP contribution in [-0.4, -0.2) is 29.0 Å². The van der Waals surface area contributed by atoms with Gasteiger partial charge < -0.3 is 5.32 Å². The molecule has 0 aliphatic rings. The van der Waals surface area contributed by atoms with E-state index in [1.165, 1.54) is 11.3 Å². The van der Waals surface area contributed by atoms with Crippen LogP contribution in [0.1, 0.15) is 39.0 Å². The fraction of sp³-hybridized carbons (Fsp3) is 0.750. The second-order valence-corrected chi connectivity index (χ2v) is 5.34. The highest BCUT2D eigenvalue weighted by Crippen LogP contribution is 2.20. The minimum absolute atomic E-state index is 0.602. The standard InChI is InChI=1S/C12H23N3S/c1-5-7-15(10(3)4)9-11-8-14-12(16-11)13-6-2/h8,10H,5-7,9H2,1-4H3,(H,13,14). The van der Waals surface area contributed by atoms with Crippen molar-refractivity contribution in [2.45, 2.75) is 46.7 Å². The van der Waals surface area contributed by atoms with Gasteiger partial charge in [-0.3, -0.25) is 4.90 Å². The first-order chi connectivity index (χ1) is 7.67. The van der Waals surface area contributed by atoms with Crippen molar-refractivity contribution in [3.63, 3.8) is 0 Å². The Kier molecular flexibility index (Phi) is 5.77. The summed E-state index contributed by atoms with van der Waals surface area (Å²) in [5, 5.41) is 4.29. The molecule has 3 nitrogen and oxygen atoms in total. The largest absolute Gasteiger partial charge is 0.362 e. The van der Waals surface area contributed by atoms with Crippen LogP contribution in [0.4, 0.5) is 5.13 Å². The van der Waals surface area contributed by atoms with Crippen molar-refractivity contribution in [1.29, 1.82) is 0 Å². The molecule has 92 valence electrons. The normalized spacial score (nSPS) is 11.4. The van der Waals surface area contributed by atoms with Crippen molar-refractivity contribution < 1.29 is 0 Å². The van der Waals surface area contributed by atoms with Crippen LogP contribution in [0.2, 0.25) is 0 Å². The summed E-state index contributed by atoms with van der Waals surface area (Å²) in [6, 6.07) is 0.602. The van der Waals surface area contributed by atoms with Crippen LogP contribution >= 0.6 is 11.3 Å². The average molecular weight is 241 g/mol. The Balaban J connectivity index is 2.55. The van der Waals surface area contributed by atoms with E-state index in [-0.39, 0.29) is 0 Å². The van der Waals surface area contributed by atoms with E-state index in [2.05, 4.69) is 42.9 Å². The highest BCUT2D eigenvalue weighted by molar-refractivity contribution is 7.15. The van der Waals surface area contributed by atoms with E-state index in [1.54, 1.807) is 11.3 Å². The Bertz CT molecular complexity index is 296. The molecule has 0 atom stereocenters. The van der Waals surface area contributed by atoms with Crippen molar-refractivity contribution in [3.8, 4) is 0 Å². The summed E-state index contributed by atoms with van der Waals surface area (Å²) in [6.45, 7) is 11.9. The van der Waals surface area contributed by atoms with E-state index in [4.69, 9.17) is 0 Å². The zero-order valence-corrected chi connectivity index (χ0v) is 11.6. The first-order valence-electron chi connectivity index (χ1n) is 6.10. The lowest BCUT2D eigenvalue weighted by Crippen LogP contribution is -2.30. The minimum Gasteiger partial charge on any atom is -0.362 e. The number of thiazole rings is 1. The average Bonchev–Trinajstić information content (AvgIpc) is 2.65. The van der Waals surface area contributed by atoms with Gasteiger partial charge in [-0.15, -0.1) is 11.3 Å². The molecule has 1 rings (SSSR count). The molecule has 0 fully saturated rings. The summed E-state index contributed by atoms with van der Waals surface area (Å²) in [5.41, 5.74) is 0. The van der Waals surface area contributed by atoms with Gasteiger partial charge in [0, 0.05) is 30.2 Å². The van der Waals surface area contributed by atoms with Crippen LogP contribution in [0.3, 0.4) is 0 Å². The van der Waals surface area contributed by atoms with Crippen LogP contribution in [0.25, 0.3) is 0 Å². The molecule has 0 saturated carbocycles. The lowest BCUT2D eigenvalue weighted by molar-refractivity contribution is 0.215. The molecule has 0 aliphatic heterocycles. The molecular weight excluding hydrogens is 218 g/mol. The summed E-state index contributed by atoms with van der Waals surface area (Å²) in [5.74, 6) is 0. The van der Waals surface area contributed by atoms with Gasteiger partial charge in [0.05, 0.1) is 0 Å². The molecule has 4 heteroatoms. The first kappa shape index (κ1) is 13.5. The van der Waals surface area contributed by atoms with Crippen LogP contribution in [-0.2, 0) is 6.54 Å². The maximum absolute atomic E-state index is 4.36. The van der Waals surface area contributed by atoms with Crippen LogP contribution < -0.4 is 5.32 Å². The lowest BCUT2D eigenvalue weighted by atomic mass is 10.3. The van der Waals surface area contributed by atoms with Gasteiger partial charge in [0.2, 0.25) is 0 Å². The third-order valence-electron chi connectivity index (χ3n) is 2.48. The highest BCUT2D eigenvalue weighted by atomic mass is 32.1. The van der Waals surface area contributed by atoms with Crippen LogP contribution in [0, 0.1) is 0 Å². The Hall–Kier alpha value is -0.610. The van der Waals surface area contributed by atoms with E-state index in [1.807, 2.05) is 6.20 Å². The van der Waals surface area contributed by atoms with Gasteiger partial charge in [-0.05, 0) is 33.7 Å². The third-order valence-corrected chi connectivity index (χ3v) is 3.42. The summed E-state index contributed by atoms with van der Waals surface area (Å²) in [6.07, 6.45) is 3.20. The number of aromatic nitrogens is 1. The number of nitrogens with one attached hydrogen (secondary N) is 1. The van der Waals surface area contributed by atoms with E-state index in [0.29, 0.717) is 6.04 Å². The summed E-state index contributed by atoms with van der Waals surface area (Å²) < 4.78 is 0. The molecule has 1 heterocycles. The first-order valence-corrected chi connectivity index (χ1v) is 6.91. The highest BCUT2D eigenvalue weighted by Gasteiger charge is 2.10. The van der Waals surface area contributed by atoms with Crippen molar-refractivity contribution >= 4 is 16.5 Å². The topological polar surface area (TPSA) is 28.2 Å². The molecule has 0 radical (unpaired) electrons. The van der Waals surface area contributed by atoms with Crippen molar-refractivity contribution in [2.75, 3.05) is 18.4 Å². The smallest absolute Gasteiger partial charge is 0.182 e. The molecule has 0 bridgehead atoms. The third kappa shape index (κ3) is 4.10. The van der Waals surface area contributed by atoms with Crippen molar-refractivity contribution in [2.24, 2.45) is 0 Å². The molecule has 16 heavy (non-hydrogen) atoms. The molecule has 1 aromatic rings. The predicted octanol–water partition coefficient (Wildman–Crippen LogP) is 3.20. The Morgan fingerprint density at radius 2 is 2.19 bits per heavy atom. The van der Waals surface area contributed by atoms with Gasteiger partial charge >= 0.3 is 0 Å². The molecule has 0 amide bonds. The Morgan fingerprint density at radius 3 is 2.75 bits per heavy atom. The molecule has 1 aromatic heterocycles. The predicted molar refractivity (Wildman–Crippen MR) is 72.1 cm³/mol. The number of rotatable bonds is 7. The van der Waals surface area contributed by atoms with Gasteiger partial charge in [0.25, 0.3) is 0 Å². The molecular formula is C12H23N3S.